The van der Waals surface area contributed by atoms with E-state index in [0.29, 0.717) is 19.7 Å². The molecule has 0 atom stereocenters. The van der Waals surface area contributed by atoms with Gasteiger partial charge in [0, 0.05) is 43.4 Å². The maximum atomic E-state index is 12.0. The van der Waals surface area contributed by atoms with Crippen LogP contribution in [0.3, 0.4) is 0 Å². The quantitative estimate of drug-likeness (QED) is 0.780. The van der Waals surface area contributed by atoms with Gasteiger partial charge in [-0.25, -0.2) is 4.79 Å². The first-order valence-electron chi connectivity index (χ1n) is 7.63. The lowest BCUT2D eigenvalue weighted by Gasteiger charge is -2.35. The van der Waals surface area contributed by atoms with Crippen molar-refractivity contribution >= 4 is 23.4 Å². The molecule has 1 aromatic rings. The molecule has 1 fully saturated rings. The number of carbonyl (C=O) groups is 1. The van der Waals surface area contributed by atoms with Crippen molar-refractivity contribution < 1.29 is 9.53 Å². The number of ether oxygens (including phenoxy) is 1. The Bertz CT molecular complexity index is 471. The van der Waals surface area contributed by atoms with Gasteiger partial charge in [-0.15, -0.1) is 0 Å². The van der Waals surface area contributed by atoms with Crippen LogP contribution in [0.5, 0.6) is 0 Å². The van der Waals surface area contributed by atoms with Gasteiger partial charge in [0.25, 0.3) is 0 Å². The fraction of sp³-hybridized carbons (Fsp3) is 0.562. The highest BCUT2D eigenvalue weighted by atomic mass is 35.5. The highest BCUT2D eigenvalue weighted by Gasteiger charge is 2.22. The van der Waals surface area contributed by atoms with E-state index in [1.165, 1.54) is 0 Å². The SMILES string of the molecule is CN(C)CCCOC(=O)N1CCN(c2ccc(Cl)cc2)CC1. The molecule has 1 heterocycles. The molecule has 0 unspecified atom stereocenters. The molecule has 1 aliphatic rings. The summed E-state index contributed by atoms with van der Waals surface area (Å²) in [6.07, 6.45) is 0.665. The molecule has 122 valence electrons. The molecular formula is C16H24ClN3O2. The second-order valence-corrected chi connectivity index (χ2v) is 6.16. The topological polar surface area (TPSA) is 36.0 Å². The molecule has 22 heavy (non-hydrogen) atoms. The van der Waals surface area contributed by atoms with Gasteiger partial charge in [-0.05, 0) is 44.8 Å². The van der Waals surface area contributed by atoms with Gasteiger partial charge in [0.1, 0.15) is 0 Å². The van der Waals surface area contributed by atoms with Crippen molar-refractivity contribution in [2.45, 2.75) is 6.42 Å². The summed E-state index contributed by atoms with van der Waals surface area (Å²) in [5.74, 6) is 0. The van der Waals surface area contributed by atoms with Crippen molar-refractivity contribution in [2.75, 3.05) is 58.3 Å². The Morgan fingerprint density at radius 1 is 1.18 bits per heavy atom. The van der Waals surface area contributed by atoms with E-state index in [-0.39, 0.29) is 6.09 Å². The second kappa shape index (κ2) is 8.25. The minimum absolute atomic E-state index is 0.200. The van der Waals surface area contributed by atoms with Gasteiger partial charge in [-0.2, -0.15) is 0 Å². The van der Waals surface area contributed by atoms with Gasteiger partial charge in [-0.1, -0.05) is 11.6 Å². The normalized spacial score (nSPS) is 15.3. The van der Waals surface area contributed by atoms with Gasteiger partial charge in [0.2, 0.25) is 0 Å². The van der Waals surface area contributed by atoms with E-state index in [2.05, 4.69) is 9.80 Å². The lowest BCUT2D eigenvalue weighted by Crippen LogP contribution is -2.49. The second-order valence-electron chi connectivity index (χ2n) is 5.72. The Balaban J connectivity index is 1.72. The predicted octanol–water partition coefficient (Wildman–Crippen LogP) is 2.55. The van der Waals surface area contributed by atoms with E-state index in [1.807, 2.05) is 38.4 Å². The van der Waals surface area contributed by atoms with Gasteiger partial charge in [0.05, 0.1) is 6.61 Å². The van der Waals surface area contributed by atoms with Crippen LogP contribution in [0.1, 0.15) is 6.42 Å². The van der Waals surface area contributed by atoms with Crippen molar-refractivity contribution in [3.05, 3.63) is 29.3 Å². The summed E-state index contributed by atoms with van der Waals surface area (Å²) in [6.45, 7) is 4.42. The smallest absolute Gasteiger partial charge is 0.409 e. The summed E-state index contributed by atoms with van der Waals surface area (Å²) in [5.41, 5.74) is 1.14. The fourth-order valence-corrected chi connectivity index (χ4v) is 2.56. The number of hydrogen-bond donors (Lipinski definition) is 0. The first-order valence-corrected chi connectivity index (χ1v) is 8.01. The minimum atomic E-state index is -0.200. The number of rotatable bonds is 5. The van der Waals surface area contributed by atoms with E-state index in [1.54, 1.807) is 4.90 Å². The van der Waals surface area contributed by atoms with Crippen LogP contribution >= 0.6 is 11.6 Å². The highest BCUT2D eigenvalue weighted by molar-refractivity contribution is 6.30. The molecule has 0 aromatic heterocycles. The highest BCUT2D eigenvalue weighted by Crippen LogP contribution is 2.19. The monoisotopic (exact) mass is 325 g/mol. The average Bonchev–Trinajstić information content (AvgIpc) is 2.52. The van der Waals surface area contributed by atoms with Crippen LogP contribution in [0.2, 0.25) is 5.02 Å². The Labute approximate surface area is 137 Å². The summed E-state index contributed by atoms with van der Waals surface area (Å²) >= 11 is 5.90. The Kier molecular flexibility index (Phi) is 6.34. The predicted molar refractivity (Wildman–Crippen MR) is 89.8 cm³/mol. The number of halogens is 1. The zero-order valence-electron chi connectivity index (χ0n) is 13.3. The van der Waals surface area contributed by atoms with Gasteiger partial charge < -0.3 is 19.4 Å². The van der Waals surface area contributed by atoms with E-state index < -0.39 is 0 Å². The van der Waals surface area contributed by atoms with Crippen molar-refractivity contribution in [3.63, 3.8) is 0 Å². The molecule has 0 radical (unpaired) electrons. The number of benzene rings is 1. The number of nitrogens with zero attached hydrogens (tertiary/aromatic N) is 3. The zero-order chi connectivity index (χ0) is 15.9. The number of hydrogen-bond acceptors (Lipinski definition) is 4. The molecule has 1 saturated heterocycles. The van der Waals surface area contributed by atoms with Crippen LogP contribution in [-0.2, 0) is 4.74 Å². The van der Waals surface area contributed by atoms with Crippen molar-refractivity contribution in [1.82, 2.24) is 9.80 Å². The summed E-state index contributed by atoms with van der Waals surface area (Å²) in [6, 6.07) is 7.81. The van der Waals surface area contributed by atoms with Gasteiger partial charge in [0.15, 0.2) is 0 Å². The first-order chi connectivity index (χ1) is 10.6. The molecule has 2 rings (SSSR count). The van der Waals surface area contributed by atoms with Gasteiger partial charge in [-0.3, -0.25) is 0 Å². The van der Waals surface area contributed by atoms with E-state index in [9.17, 15) is 4.79 Å². The van der Waals surface area contributed by atoms with Crippen molar-refractivity contribution in [1.29, 1.82) is 0 Å². The van der Waals surface area contributed by atoms with E-state index >= 15 is 0 Å². The molecule has 6 heteroatoms. The maximum absolute atomic E-state index is 12.0. The molecule has 1 aromatic carbocycles. The Hall–Kier alpha value is -1.46. The van der Waals surface area contributed by atoms with Crippen LogP contribution in [-0.4, -0.2) is 69.3 Å². The molecule has 1 aliphatic heterocycles. The third kappa shape index (κ3) is 5.07. The van der Waals surface area contributed by atoms with E-state index in [4.69, 9.17) is 16.3 Å². The number of amides is 1. The molecule has 0 aliphatic carbocycles. The standard InChI is InChI=1S/C16H24ClN3O2/c1-18(2)8-3-13-22-16(21)20-11-9-19(10-12-20)15-6-4-14(17)5-7-15/h4-7H,3,8-13H2,1-2H3. The summed E-state index contributed by atoms with van der Waals surface area (Å²) < 4.78 is 5.31. The minimum Gasteiger partial charge on any atom is -0.449 e. The largest absolute Gasteiger partial charge is 0.449 e. The molecule has 1 amide bonds. The Morgan fingerprint density at radius 3 is 2.41 bits per heavy atom. The van der Waals surface area contributed by atoms with Crippen LogP contribution in [0.25, 0.3) is 0 Å². The maximum Gasteiger partial charge on any atom is 0.409 e. The summed E-state index contributed by atoms with van der Waals surface area (Å²) in [5, 5.41) is 0.740. The lowest BCUT2D eigenvalue weighted by molar-refractivity contribution is 0.0971. The van der Waals surface area contributed by atoms with Gasteiger partial charge >= 0.3 is 6.09 Å². The lowest BCUT2D eigenvalue weighted by atomic mass is 10.2. The molecular weight excluding hydrogens is 302 g/mol. The molecule has 0 bridgehead atoms. The molecule has 0 spiro atoms. The van der Waals surface area contributed by atoms with Crippen LogP contribution < -0.4 is 4.90 Å². The zero-order valence-corrected chi connectivity index (χ0v) is 14.1. The van der Waals surface area contributed by atoms with Crippen LogP contribution in [0.4, 0.5) is 10.5 Å². The summed E-state index contributed by atoms with van der Waals surface area (Å²) in [4.78, 5) is 18.1. The first kappa shape index (κ1) is 16.9. The fourth-order valence-electron chi connectivity index (χ4n) is 2.43. The number of carbonyl (C=O) groups excluding carboxylic acids is 1. The average molecular weight is 326 g/mol. The molecule has 5 nitrogen and oxygen atoms in total. The number of piperazine rings is 1. The Morgan fingerprint density at radius 2 is 1.82 bits per heavy atom. The van der Waals surface area contributed by atoms with Crippen molar-refractivity contribution in [3.8, 4) is 0 Å². The third-order valence-electron chi connectivity index (χ3n) is 3.70. The van der Waals surface area contributed by atoms with Crippen LogP contribution in [0, 0.1) is 0 Å². The molecule has 0 saturated carbocycles. The molecule has 0 N–H and O–H groups in total. The van der Waals surface area contributed by atoms with E-state index in [0.717, 1.165) is 36.8 Å². The van der Waals surface area contributed by atoms with Crippen molar-refractivity contribution in [2.24, 2.45) is 0 Å². The number of anilines is 1. The summed E-state index contributed by atoms with van der Waals surface area (Å²) in [7, 11) is 4.02. The van der Waals surface area contributed by atoms with Crippen LogP contribution in [0.15, 0.2) is 24.3 Å². The third-order valence-corrected chi connectivity index (χ3v) is 3.96.